The Balaban J connectivity index is 1.51. The van der Waals surface area contributed by atoms with E-state index in [0.29, 0.717) is 11.5 Å². The van der Waals surface area contributed by atoms with Crippen LogP contribution in [0.4, 0.5) is 0 Å². The van der Waals surface area contributed by atoms with E-state index in [9.17, 15) is 4.79 Å². The first-order valence-electron chi connectivity index (χ1n) is 10.1. The third-order valence-electron chi connectivity index (χ3n) is 7.46. The molecule has 2 atom stereocenters. The molecule has 4 saturated carbocycles. The first-order chi connectivity index (χ1) is 11.9. The summed E-state index contributed by atoms with van der Waals surface area (Å²) in [7, 11) is 0. The number of carbonyl (C=O) groups excluding carboxylic acids is 1. The van der Waals surface area contributed by atoms with Crippen LogP contribution in [0.3, 0.4) is 0 Å². The maximum Gasteiger partial charge on any atom is 0.227 e. The van der Waals surface area contributed by atoms with Crippen LogP contribution in [0.1, 0.15) is 81.7 Å². The summed E-state index contributed by atoms with van der Waals surface area (Å²) in [6.07, 6.45) is 9.36. The number of aromatic nitrogens is 1. The van der Waals surface area contributed by atoms with E-state index in [4.69, 9.17) is 4.52 Å². The van der Waals surface area contributed by atoms with Gasteiger partial charge in [0.15, 0.2) is 0 Å². The van der Waals surface area contributed by atoms with Crippen molar-refractivity contribution in [2.45, 2.75) is 84.6 Å². The predicted octanol–water partition coefficient (Wildman–Crippen LogP) is 4.51. The van der Waals surface area contributed by atoms with Crippen LogP contribution in [0.2, 0.25) is 0 Å². The SMILES string of the molecule is CC[C@H](NC(=O)[C@H](C)c1c(C)noc1C)C12CC3CC(CC(C3)C1)C2. The van der Waals surface area contributed by atoms with Crippen LogP contribution in [0.25, 0.3) is 0 Å². The lowest BCUT2D eigenvalue weighted by Gasteiger charge is -2.59. The molecule has 0 aromatic carbocycles. The molecular formula is C21H32N2O2. The predicted molar refractivity (Wildman–Crippen MR) is 97.2 cm³/mol. The highest BCUT2D eigenvalue weighted by Gasteiger charge is 2.54. The number of nitrogens with one attached hydrogen (secondary N) is 1. The molecule has 138 valence electrons. The standard InChI is InChI=1S/C21H32N2O2/c1-5-18(21-9-15-6-16(10-21)8-17(7-15)11-21)22-20(24)12(2)19-13(3)23-25-14(19)4/h12,15-18H,5-11H2,1-4H3,(H,22,24)/t12-,15?,16?,17?,18+,21?/m1/s1. The molecule has 0 radical (unpaired) electrons. The monoisotopic (exact) mass is 344 g/mol. The minimum Gasteiger partial charge on any atom is -0.361 e. The maximum atomic E-state index is 13.0. The van der Waals surface area contributed by atoms with Gasteiger partial charge in [0.2, 0.25) is 5.91 Å². The summed E-state index contributed by atoms with van der Waals surface area (Å²) in [6, 6.07) is 0.316. The Morgan fingerprint density at radius 1 is 1.20 bits per heavy atom. The van der Waals surface area contributed by atoms with Crippen molar-refractivity contribution in [2.75, 3.05) is 0 Å². The van der Waals surface area contributed by atoms with E-state index in [-0.39, 0.29) is 11.8 Å². The molecular weight excluding hydrogens is 312 g/mol. The van der Waals surface area contributed by atoms with Crippen molar-refractivity contribution in [3.63, 3.8) is 0 Å². The number of amides is 1. The molecule has 4 heteroatoms. The van der Waals surface area contributed by atoms with Gasteiger partial charge in [-0.25, -0.2) is 0 Å². The summed E-state index contributed by atoms with van der Waals surface area (Å²) in [5, 5.41) is 7.48. The highest BCUT2D eigenvalue weighted by Crippen LogP contribution is 2.61. The van der Waals surface area contributed by atoms with Gasteiger partial charge in [-0.15, -0.1) is 0 Å². The van der Waals surface area contributed by atoms with Crippen LogP contribution >= 0.6 is 0 Å². The van der Waals surface area contributed by atoms with Crippen molar-refractivity contribution in [3.8, 4) is 0 Å². The van der Waals surface area contributed by atoms with E-state index in [0.717, 1.165) is 41.2 Å². The van der Waals surface area contributed by atoms with Gasteiger partial charge in [-0.2, -0.15) is 0 Å². The van der Waals surface area contributed by atoms with Gasteiger partial charge in [0, 0.05) is 11.6 Å². The van der Waals surface area contributed by atoms with E-state index in [1.165, 1.54) is 38.5 Å². The third kappa shape index (κ3) is 2.82. The Morgan fingerprint density at radius 2 is 1.76 bits per heavy atom. The normalized spacial score (nSPS) is 35.6. The summed E-state index contributed by atoms with van der Waals surface area (Å²) in [6.45, 7) is 8.04. The van der Waals surface area contributed by atoms with E-state index in [2.05, 4.69) is 17.4 Å². The van der Waals surface area contributed by atoms with Crippen LogP contribution in [-0.4, -0.2) is 17.1 Å². The zero-order valence-corrected chi connectivity index (χ0v) is 16.1. The lowest BCUT2D eigenvalue weighted by Crippen LogP contribution is -2.57. The van der Waals surface area contributed by atoms with Gasteiger partial charge in [-0.1, -0.05) is 12.1 Å². The summed E-state index contributed by atoms with van der Waals surface area (Å²) < 4.78 is 5.27. The Morgan fingerprint density at radius 3 is 2.20 bits per heavy atom. The molecule has 4 aliphatic carbocycles. The smallest absolute Gasteiger partial charge is 0.227 e. The van der Waals surface area contributed by atoms with Crippen LogP contribution in [0.15, 0.2) is 4.52 Å². The summed E-state index contributed by atoms with van der Waals surface area (Å²) >= 11 is 0. The molecule has 1 aromatic heterocycles. The van der Waals surface area contributed by atoms with Crippen molar-refractivity contribution in [1.82, 2.24) is 10.5 Å². The third-order valence-corrected chi connectivity index (χ3v) is 7.46. The quantitative estimate of drug-likeness (QED) is 0.855. The number of hydrogen-bond acceptors (Lipinski definition) is 3. The molecule has 5 rings (SSSR count). The van der Waals surface area contributed by atoms with Crippen LogP contribution < -0.4 is 5.32 Å². The number of aryl methyl sites for hydroxylation is 2. The number of rotatable bonds is 5. The fourth-order valence-electron chi connectivity index (χ4n) is 6.83. The molecule has 0 spiro atoms. The minimum absolute atomic E-state index is 0.136. The molecule has 25 heavy (non-hydrogen) atoms. The first kappa shape index (κ1) is 17.1. The average molecular weight is 344 g/mol. The van der Waals surface area contributed by atoms with Crippen molar-refractivity contribution in [2.24, 2.45) is 23.2 Å². The Hall–Kier alpha value is -1.32. The summed E-state index contributed by atoms with van der Waals surface area (Å²) in [5.41, 5.74) is 2.15. The lowest BCUT2D eigenvalue weighted by molar-refractivity contribution is -0.127. The Bertz CT molecular complexity index is 608. The number of hydrogen-bond donors (Lipinski definition) is 1. The van der Waals surface area contributed by atoms with Gasteiger partial charge in [0.05, 0.1) is 11.6 Å². The van der Waals surface area contributed by atoms with Gasteiger partial charge in [-0.05, 0) is 88.9 Å². The van der Waals surface area contributed by atoms with E-state index in [1.54, 1.807) is 0 Å². The second-order valence-electron chi connectivity index (χ2n) is 9.21. The Kier molecular flexibility index (Phi) is 4.20. The van der Waals surface area contributed by atoms with Crippen molar-refractivity contribution in [3.05, 3.63) is 17.0 Å². The number of nitrogens with zero attached hydrogens (tertiary/aromatic N) is 1. The molecule has 1 N–H and O–H groups in total. The summed E-state index contributed by atoms with van der Waals surface area (Å²) in [5.74, 6) is 3.45. The van der Waals surface area contributed by atoms with Gasteiger partial charge < -0.3 is 9.84 Å². The fourth-order valence-corrected chi connectivity index (χ4v) is 6.83. The molecule has 0 aliphatic heterocycles. The average Bonchev–Trinajstić information content (AvgIpc) is 2.89. The van der Waals surface area contributed by atoms with Gasteiger partial charge in [-0.3, -0.25) is 4.79 Å². The molecule has 0 unspecified atom stereocenters. The first-order valence-corrected chi connectivity index (χ1v) is 10.1. The van der Waals surface area contributed by atoms with Crippen molar-refractivity contribution in [1.29, 1.82) is 0 Å². The molecule has 1 aromatic rings. The molecule has 4 nitrogen and oxygen atoms in total. The van der Waals surface area contributed by atoms with E-state index >= 15 is 0 Å². The van der Waals surface area contributed by atoms with Crippen LogP contribution in [0, 0.1) is 37.0 Å². The highest BCUT2D eigenvalue weighted by atomic mass is 16.5. The van der Waals surface area contributed by atoms with Crippen LogP contribution in [0.5, 0.6) is 0 Å². The zero-order valence-electron chi connectivity index (χ0n) is 16.1. The van der Waals surface area contributed by atoms with Crippen LogP contribution in [-0.2, 0) is 4.79 Å². The fraction of sp³-hybridized carbons (Fsp3) is 0.810. The Labute approximate surface area is 151 Å². The minimum atomic E-state index is -0.200. The molecule has 1 amide bonds. The topological polar surface area (TPSA) is 55.1 Å². The maximum absolute atomic E-state index is 13.0. The molecule has 4 fully saturated rings. The van der Waals surface area contributed by atoms with Gasteiger partial charge in [0.1, 0.15) is 5.76 Å². The van der Waals surface area contributed by atoms with Gasteiger partial charge >= 0.3 is 0 Å². The van der Waals surface area contributed by atoms with E-state index in [1.807, 2.05) is 20.8 Å². The molecule has 4 bridgehead atoms. The molecule has 4 aliphatic rings. The van der Waals surface area contributed by atoms with E-state index < -0.39 is 0 Å². The molecule has 1 heterocycles. The highest BCUT2D eigenvalue weighted by molar-refractivity contribution is 5.84. The second kappa shape index (κ2) is 6.14. The molecule has 0 saturated heterocycles. The lowest BCUT2D eigenvalue weighted by atomic mass is 9.47. The number of carbonyl (C=O) groups is 1. The zero-order chi connectivity index (χ0) is 17.8. The largest absolute Gasteiger partial charge is 0.361 e. The van der Waals surface area contributed by atoms with Gasteiger partial charge in [0.25, 0.3) is 0 Å². The van der Waals surface area contributed by atoms with Crippen molar-refractivity contribution >= 4 is 5.91 Å². The second-order valence-corrected chi connectivity index (χ2v) is 9.21. The van der Waals surface area contributed by atoms with Crippen molar-refractivity contribution < 1.29 is 9.32 Å². The summed E-state index contributed by atoms with van der Waals surface area (Å²) in [4.78, 5) is 13.0.